The highest BCUT2D eigenvalue weighted by Crippen LogP contribution is 2.34. The molecule has 5 heteroatoms. The van der Waals surface area contributed by atoms with E-state index in [1.807, 2.05) is 19.1 Å². The summed E-state index contributed by atoms with van der Waals surface area (Å²) in [4.78, 5) is 12.2. The fourth-order valence-electron chi connectivity index (χ4n) is 4.48. The van der Waals surface area contributed by atoms with Crippen LogP contribution in [0.5, 0.6) is 11.5 Å². The summed E-state index contributed by atoms with van der Waals surface area (Å²) < 4.78 is 11.4. The van der Waals surface area contributed by atoms with Gasteiger partial charge in [0.05, 0.1) is 13.7 Å². The van der Waals surface area contributed by atoms with E-state index in [0.717, 1.165) is 43.4 Å². The van der Waals surface area contributed by atoms with E-state index in [2.05, 4.69) is 17.2 Å². The lowest BCUT2D eigenvalue weighted by Gasteiger charge is -2.29. The summed E-state index contributed by atoms with van der Waals surface area (Å²) in [6, 6.07) is 6.13. The van der Waals surface area contributed by atoms with Crippen molar-refractivity contribution in [3.05, 3.63) is 47.0 Å². The van der Waals surface area contributed by atoms with Crippen LogP contribution in [0.25, 0.3) is 0 Å². The van der Waals surface area contributed by atoms with Gasteiger partial charge in [0.2, 0.25) is 0 Å². The van der Waals surface area contributed by atoms with Gasteiger partial charge in [0.25, 0.3) is 0 Å². The smallest absolute Gasteiger partial charge is 0.165 e. The summed E-state index contributed by atoms with van der Waals surface area (Å²) in [5.41, 5.74) is 3.69. The standard InChI is InChI=1S/C23H31N3O2/c1-3-28-22-18(10-7-11-21(22)27-2)15-26-13-12-20-19(16-26)14-24-23(25-20)17-8-5-4-6-9-17/h7,10-11,14,17H,3-6,8-9,12-13,15-16H2,1-2H3. The molecule has 0 atom stereocenters. The number of rotatable bonds is 6. The fourth-order valence-corrected chi connectivity index (χ4v) is 4.48. The molecule has 0 amide bonds. The number of methoxy groups -OCH3 is 1. The van der Waals surface area contributed by atoms with Gasteiger partial charge in [-0.2, -0.15) is 0 Å². The van der Waals surface area contributed by atoms with E-state index in [-0.39, 0.29) is 0 Å². The lowest BCUT2D eigenvalue weighted by Crippen LogP contribution is -2.31. The minimum Gasteiger partial charge on any atom is -0.493 e. The lowest BCUT2D eigenvalue weighted by atomic mass is 9.88. The van der Waals surface area contributed by atoms with Crippen LogP contribution in [0.2, 0.25) is 0 Å². The van der Waals surface area contributed by atoms with Crippen LogP contribution in [0.15, 0.2) is 24.4 Å². The third kappa shape index (κ3) is 4.14. The molecule has 2 aliphatic rings. The molecule has 0 bridgehead atoms. The second-order valence-electron chi connectivity index (χ2n) is 7.88. The maximum atomic E-state index is 5.88. The van der Waals surface area contributed by atoms with Crippen LogP contribution >= 0.6 is 0 Å². The largest absolute Gasteiger partial charge is 0.493 e. The van der Waals surface area contributed by atoms with E-state index in [9.17, 15) is 0 Å². The van der Waals surface area contributed by atoms with Gasteiger partial charge in [-0.25, -0.2) is 9.97 Å². The van der Waals surface area contributed by atoms with Gasteiger partial charge in [0.15, 0.2) is 11.5 Å². The highest BCUT2D eigenvalue weighted by atomic mass is 16.5. The average Bonchev–Trinajstić information content (AvgIpc) is 2.75. The van der Waals surface area contributed by atoms with Crippen LogP contribution in [-0.4, -0.2) is 35.1 Å². The van der Waals surface area contributed by atoms with E-state index in [1.54, 1.807) is 7.11 Å². The zero-order chi connectivity index (χ0) is 19.3. The highest BCUT2D eigenvalue weighted by Gasteiger charge is 2.23. The Kier molecular flexibility index (Phi) is 6.10. The van der Waals surface area contributed by atoms with Gasteiger partial charge >= 0.3 is 0 Å². The molecule has 2 aromatic rings. The van der Waals surface area contributed by atoms with Gasteiger partial charge in [-0.15, -0.1) is 0 Å². The van der Waals surface area contributed by atoms with Crippen molar-refractivity contribution in [2.24, 2.45) is 0 Å². The Hall–Kier alpha value is -2.14. The van der Waals surface area contributed by atoms with Crippen LogP contribution in [0.3, 0.4) is 0 Å². The van der Waals surface area contributed by atoms with Crippen molar-refractivity contribution in [3.63, 3.8) is 0 Å². The first kappa shape index (κ1) is 19.2. The number of fused-ring (bicyclic) bond motifs is 1. The van der Waals surface area contributed by atoms with Crippen LogP contribution in [-0.2, 0) is 19.5 Å². The van der Waals surface area contributed by atoms with Crippen molar-refractivity contribution >= 4 is 0 Å². The first-order valence-corrected chi connectivity index (χ1v) is 10.6. The van der Waals surface area contributed by atoms with Crippen LogP contribution in [0, 0.1) is 0 Å². The molecular formula is C23H31N3O2. The molecule has 1 aromatic heterocycles. The number of hydrogen-bond acceptors (Lipinski definition) is 5. The van der Waals surface area contributed by atoms with E-state index < -0.39 is 0 Å². The number of hydrogen-bond donors (Lipinski definition) is 0. The predicted molar refractivity (Wildman–Crippen MR) is 110 cm³/mol. The second kappa shape index (κ2) is 8.91. The van der Waals surface area contributed by atoms with Gasteiger partial charge in [-0.3, -0.25) is 4.90 Å². The number of ether oxygens (including phenoxy) is 2. The first-order chi connectivity index (χ1) is 13.8. The molecule has 0 unspecified atom stereocenters. The molecule has 0 spiro atoms. The number of para-hydroxylation sites is 1. The second-order valence-corrected chi connectivity index (χ2v) is 7.88. The molecule has 0 N–H and O–H groups in total. The van der Waals surface area contributed by atoms with E-state index in [0.29, 0.717) is 12.5 Å². The summed E-state index contributed by atoms with van der Waals surface area (Å²) in [6.07, 6.45) is 9.58. The highest BCUT2D eigenvalue weighted by molar-refractivity contribution is 5.46. The van der Waals surface area contributed by atoms with E-state index in [1.165, 1.54) is 48.9 Å². The Morgan fingerprint density at radius 2 is 2.04 bits per heavy atom. The Labute approximate surface area is 168 Å². The summed E-state index contributed by atoms with van der Waals surface area (Å²) >= 11 is 0. The molecule has 28 heavy (non-hydrogen) atoms. The maximum absolute atomic E-state index is 5.88. The number of benzene rings is 1. The Balaban J connectivity index is 1.47. The van der Waals surface area contributed by atoms with Gasteiger partial charge in [0.1, 0.15) is 5.82 Å². The zero-order valence-corrected chi connectivity index (χ0v) is 17.1. The minimum atomic E-state index is 0.572. The normalized spacial score (nSPS) is 17.9. The molecule has 1 saturated carbocycles. The molecule has 1 aliphatic carbocycles. The van der Waals surface area contributed by atoms with Crippen molar-refractivity contribution in [2.75, 3.05) is 20.3 Å². The fraction of sp³-hybridized carbons (Fsp3) is 0.565. The molecule has 1 fully saturated rings. The van der Waals surface area contributed by atoms with Crippen LogP contribution in [0.1, 0.15) is 67.6 Å². The minimum absolute atomic E-state index is 0.572. The molecule has 1 aliphatic heterocycles. The first-order valence-electron chi connectivity index (χ1n) is 10.6. The Morgan fingerprint density at radius 1 is 1.18 bits per heavy atom. The third-order valence-electron chi connectivity index (χ3n) is 5.96. The third-order valence-corrected chi connectivity index (χ3v) is 5.96. The molecule has 150 valence electrons. The topological polar surface area (TPSA) is 47.5 Å². The lowest BCUT2D eigenvalue weighted by molar-refractivity contribution is 0.234. The molecule has 0 saturated heterocycles. The maximum Gasteiger partial charge on any atom is 0.165 e. The van der Waals surface area contributed by atoms with Crippen molar-refractivity contribution in [3.8, 4) is 11.5 Å². The summed E-state index contributed by atoms with van der Waals surface area (Å²) in [7, 11) is 1.69. The van der Waals surface area contributed by atoms with Crippen LogP contribution < -0.4 is 9.47 Å². The summed E-state index contributed by atoms with van der Waals surface area (Å²) in [6.45, 7) is 5.39. The Bertz CT molecular complexity index is 802. The molecule has 4 rings (SSSR count). The van der Waals surface area contributed by atoms with Crippen molar-refractivity contribution in [2.45, 2.75) is 64.5 Å². The average molecular weight is 382 g/mol. The van der Waals surface area contributed by atoms with E-state index in [4.69, 9.17) is 19.4 Å². The summed E-state index contributed by atoms with van der Waals surface area (Å²) in [5.74, 6) is 3.32. The van der Waals surface area contributed by atoms with Gasteiger partial charge in [-0.1, -0.05) is 31.4 Å². The van der Waals surface area contributed by atoms with Gasteiger partial charge in [-0.05, 0) is 25.8 Å². The zero-order valence-electron chi connectivity index (χ0n) is 17.1. The Morgan fingerprint density at radius 3 is 2.82 bits per heavy atom. The van der Waals surface area contributed by atoms with Crippen molar-refractivity contribution < 1.29 is 9.47 Å². The van der Waals surface area contributed by atoms with E-state index >= 15 is 0 Å². The van der Waals surface area contributed by atoms with Crippen molar-refractivity contribution in [1.29, 1.82) is 0 Å². The quantitative estimate of drug-likeness (QED) is 0.738. The molecule has 1 aromatic carbocycles. The molecule has 0 radical (unpaired) electrons. The molecular weight excluding hydrogens is 350 g/mol. The van der Waals surface area contributed by atoms with Crippen LogP contribution in [0.4, 0.5) is 0 Å². The summed E-state index contributed by atoms with van der Waals surface area (Å²) in [5, 5.41) is 0. The monoisotopic (exact) mass is 381 g/mol. The predicted octanol–water partition coefficient (Wildman–Crippen LogP) is 4.49. The number of nitrogens with zero attached hydrogens (tertiary/aromatic N) is 3. The van der Waals surface area contributed by atoms with Gasteiger partial charge < -0.3 is 9.47 Å². The molecule has 2 heterocycles. The molecule has 5 nitrogen and oxygen atoms in total. The SMILES string of the molecule is CCOc1c(CN2CCc3nc(C4CCCCC4)ncc3C2)cccc1OC. The van der Waals surface area contributed by atoms with Gasteiger partial charge in [0, 0.05) is 55.0 Å². The number of aromatic nitrogens is 2. The van der Waals surface area contributed by atoms with Crippen molar-refractivity contribution in [1.82, 2.24) is 14.9 Å².